The zero-order chi connectivity index (χ0) is 14.0. The third-order valence-corrected chi connectivity index (χ3v) is 3.53. The van der Waals surface area contributed by atoms with Gasteiger partial charge in [-0.1, -0.05) is 12.1 Å². The second-order valence-electron chi connectivity index (χ2n) is 5.31. The van der Waals surface area contributed by atoms with Crippen molar-refractivity contribution < 1.29 is 4.74 Å². The molecule has 1 saturated heterocycles. The van der Waals surface area contributed by atoms with Gasteiger partial charge in [0.15, 0.2) is 0 Å². The van der Waals surface area contributed by atoms with Gasteiger partial charge in [0.05, 0.1) is 25.5 Å². The molecule has 2 heterocycles. The molecule has 0 amide bonds. The summed E-state index contributed by atoms with van der Waals surface area (Å²) >= 11 is 0. The topological polar surface area (TPSA) is 55.2 Å². The van der Waals surface area contributed by atoms with E-state index in [-0.39, 0.29) is 0 Å². The fraction of sp³-hybridized carbons (Fsp3) is 0.857. The number of hydrogen-bond donors (Lipinski definition) is 1. The monoisotopic (exact) mass is 281 g/mol. The average Bonchev–Trinajstić information content (AvgIpc) is 3.10. The Labute approximate surface area is 121 Å². The van der Waals surface area contributed by atoms with Gasteiger partial charge in [-0.15, -0.1) is 5.10 Å². The summed E-state index contributed by atoms with van der Waals surface area (Å²) in [6.07, 6.45) is 5.81. The number of nitrogens with zero attached hydrogens (tertiary/aromatic N) is 4. The van der Waals surface area contributed by atoms with Crippen molar-refractivity contribution in [1.29, 1.82) is 0 Å². The molecular weight excluding hydrogens is 254 g/mol. The highest BCUT2D eigenvalue weighted by atomic mass is 16.5. The van der Waals surface area contributed by atoms with Crippen LogP contribution in [-0.2, 0) is 17.8 Å². The summed E-state index contributed by atoms with van der Waals surface area (Å²) in [4.78, 5) is 2.47. The first-order valence-electron chi connectivity index (χ1n) is 7.78. The van der Waals surface area contributed by atoms with E-state index in [1.54, 1.807) is 0 Å². The minimum atomic E-state index is 0.707. The van der Waals surface area contributed by atoms with Crippen molar-refractivity contribution in [2.45, 2.75) is 39.3 Å². The molecule has 114 valence electrons. The Morgan fingerprint density at radius 1 is 1.25 bits per heavy atom. The highest BCUT2D eigenvalue weighted by Crippen LogP contribution is 2.05. The summed E-state index contributed by atoms with van der Waals surface area (Å²) in [5.41, 5.74) is 0.996. The Morgan fingerprint density at radius 3 is 2.85 bits per heavy atom. The zero-order valence-corrected chi connectivity index (χ0v) is 12.6. The molecule has 1 aromatic rings. The van der Waals surface area contributed by atoms with Crippen LogP contribution in [0.1, 0.15) is 31.9 Å². The van der Waals surface area contributed by atoms with Crippen molar-refractivity contribution in [3.05, 3.63) is 11.9 Å². The summed E-state index contributed by atoms with van der Waals surface area (Å²) in [6.45, 7) is 9.81. The molecule has 1 N–H and O–H groups in total. The SMILES string of the molecule is CCCNCc1cn(CCOCCN2CCCC2)nn1. The van der Waals surface area contributed by atoms with E-state index in [9.17, 15) is 0 Å². The number of rotatable bonds is 10. The van der Waals surface area contributed by atoms with Crippen molar-refractivity contribution in [2.75, 3.05) is 39.4 Å². The Balaban J connectivity index is 1.52. The van der Waals surface area contributed by atoms with Crippen LogP contribution < -0.4 is 5.32 Å². The molecule has 2 rings (SSSR count). The van der Waals surface area contributed by atoms with Gasteiger partial charge in [0, 0.05) is 19.3 Å². The average molecular weight is 281 g/mol. The number of ether oxygens (including phenoxy) is 1. The molecule has 6 nitrogen and oxygen atoms in total. The normalized spacial score (nSPS) is 16.1. The Hall–Kier alpha value is -0.980. The molecule has 6 heteroatoms. The largest absolute Gasteiger partial charge is 0.378 e. The van der Waals surface area contributed by atoms with Gasteiger partial charge in [-0.2, -0.15) is 0 Å². The van der Waals surface area contributed by atoms with Crippen molar-refractivity contribution in [3.8, 4) is 0 Å². The van der Waals surface area contributed by atoms with Crippen LogP contribution in [0.25, 0.3) is 0 Å². The third-order valence-electron chi connectivity index (χ3n) is 3.53. The van der Waals surface area contributed by atoms with Crippen molar-refractivity contribution in [1.82, 2.24) is 25.2 Å². The molecule has 1 aromatic heterocycles. The maximum atomic E-state index is 5.66. The first kappa shape index (κ1) is 15.4. The molecule has 0 aliphatic carbocycles. The van der Waals surface area contributed by atoms with E-state index in [2.05, 4.69) is 27.5 Å². The van der Waals surface area contributed by atoms with Crippen LogP contribution in [0.2, 0.25) is 0 Å². The molecule has 0 aromatic carbocycles. The fourth-order valence-electron chi connectivity index (χ4n) is 2.38. The molecule has 1 aliphatic rings. The summed E-state index contributed by atoms with van der Waals surface area (Å²) in [5, 5.41) is 11.6. The van der Waals surface area contributed by atoms with Crippen LogP contribution in [0.4, 0.5) is 0 Å². The second kappa shape index (κ2) is 9.05. The molecule has 0 bridgehead atoms. The van der Waals surface area contributed by atoms with Crippen LogP contribution in [0.3, 0.4) is 0 Å². The summed E-state index contributed by atoms with van der Waals surface area (Å²) < 4.78 is 7.52. The van der Waals surface area contributed by atoms with E-state index in [1.807, 2.05) is 10.9 Å². The van der Waals surface area contributed by atoms with Gasteiger partial charge in [0.2, 0.25) is 0 Å². The first-order valence-corrected chi connectivity index (χ1v) is 7.78. The Bertz CT molecular complexity index is 362. The van der Waals surface area contributed by atoms with Crippen molar-refractivity contribution in [3.63, 3.8) is 0 Å². The van der Waals surface area contributed by atoms with Gasteiger partial charge in [0.1, 0.15) is 0 Å². The van der Waals surface area contributed by atoms with Gasteiger partial charge in [-0.25, -0.2) is 4.68 Å². The lowest BCUT2D eigenvalue weighted by Gasteiger charge is -2.14. The second-order valence-corrected chi connectivity index (χ2v) is 5.31. The summed E-state index contributed by atoms with van der Waals surface area (Å²) in [5.74, 6) is 0. The summed E-state index contributed by atoms with van der Waals surface area (Å²) in [6, 6.07) is 0. The number of aromatic nitrogens is 3. The number of likely N-dealkylation sites (tertiary alicyclic amines) is 1. The molecule has 0 saturated carbocycles. The van der Waals surface area contributed by atoms with Crippen LogP contribution in [0.15, 0.2) is 6.20 Å². The van der Waals surface area contributed by atoms with Crippen molar-refractivity contribution >= 4 is 0 Å². The zero-order valence-electron chi connectivity index (χ0n) is 12.6. The Morgan fingerprint density at radius 2 is 2.05 bits per heavy atom. The van der Waals surface area contributed by atoms with Gasteiger partial charge in [-0.05, 0) is 38.9 Å². The molecule has 1 fully saturated rings. The lowest BCUT2D eigenvalue weighted by molar-refractivity contribution is 0.102. The molecule has 0 spiro atoms. The Kier molecular flexibility index (Phi) is 6.97. The predicted octanol–water partition coefficient (Wildman–Crippen LogP) is 0.890. The highest BCUT2D eigenvalue weighted by Gasteiger charge is 2.10. The standard InChI is InChI=1S/C14H27N5O/c1-2-5-15-12-14-13-19(17-16-14)9-11-20-10-8-18-6-3-4-7-18/h13,15H,2-12H2,1H3. The molecule has 0 unspecified atom stereocenters. The third kappa shape index (κ3) is 5.56. The quantitative estimate of drug-likeness (QED) is 0.646. The smallest absolute Gasteiger partial charge is 0.0964 e. The van der Waals surface area contributed by atoms with Crippen LogP contribution in [-0.4, -0.2) is 59.3 Å². The number of hydrogen-bond acceptors (Lipinski definition) is 5. The number of nitrogens with one attached hydrogen (secondary N) is 1. The van der Waals surface area contributed by atoms with Gasteiger partial charge in [-0.3, -0.25) is 0 Å². The molecule has 1 aliphatic heterocycles. The van der Waals surface area contributed by atoms with Crippen LogP contribution >= 0.6 is 0 Å². The lowest BCUT2D eigenvalue weighted by atomic mass is 10.4. The highest BCUT2D eigenvalue weighted by molar-refractivity contribution is 4.91. The van der Waals surface area contributed by atoms with E-state index >= 15 is 0 Å². The molecule has 0 atom stereocenters. The fourth-order valence-corrected chi connectivity index (χ4v) is 2.38. The van der Waals surface area contributed by atoms with E-state index < -0.39 is 0 Å². The van der Waals surface area contributed by atoms with Crippen LogP contribution in [0.5, 0.6) is 0 Å². The van der Waals surface area contributed by atoms with Crippen LogP contribution in [0, 0.1) is 0 Å². The van der Waals surface area contributed by atoms with Crippen molar-refractivity contribution in [2.24, 2.45) is 0 Å². The summed E-state index contributed by atoms with van der Waals surface area (Å²) in [7, 11) is 0. The van der Waals surface area contributed by atoms with E-state index in [0.717, 1.165) is 44.9 Å². The van der Waals surface area contributed by atoms with E-state index in [1.165, 1.54) is 25.9 Å². The van der Waals surface area contributed by atoms with E-state index in [0.29, 0.717) is 6.61 Å². The van der Waals surface area contributed by atoms with Gasteiger partial charge < -0.3 is 15.0 Å². The predicted molar refractivity (Wildman–Crippen MR) is 78.5 cm³/mol. The van der Waals surface area contributed by atoms with Gasteiger partial charge >= 0.3 is 0 Å². The van der Waals surface area contributed by atoms with E-state index in [4.69, 9.17) is 4.74 Å². The maximum absolute atomic E-state index is 5.66. The molecule has 0 radical (unpaired) electrons. The minimum Gasteiger partial charge on any atom is -0.378 e. The lowest BCUT2D eigenvalue weighted by Crippen LogP contribution is -2.24. The molecular formula is C14H27N5O. The first-order chi connectivity index (χ1) is 9.88. The molecule has 20 heavy (non-hydrogen) atoms. The van der Waals surface area contributed by atoms with Gasteiger partial charge in [0.25, 0.3) is 0 Å². The maximum Gasteiger partial charge on any atom is 0.0964 e. The minimum absolute atomic E-state index is 0.707.